The molecule has 0 aromatic heterocycles. The summed E-state index contributed by atoms with van der Waals surface area (Å²) in [6, 6.07) is 0.187. The number of rotatable bonds is 10. The lowest BCUT2D eigenvalue weighted by atomic mass is 10.1. The van der Waals surface area contributed by atoms with Gasteiger partial charge in [0.05, 0.1) is 0 Å². The Hall–Kier alpha value is -1.62. The van der Waals surface area contributed by atoms with Crippen LogP contribution in [0.5, 0.6) is 0 Å². The summed E-state index contributed by atoms with van der Waals surface area (Å²) in [6.45, 7) is 13.7. The van der Waals surface area contributed by atoms with Crippen molar-refractivity contribution in [3.05, 3.63) is 46.0 Å². The smallest absolute Gasteiger partial charge is 0.410 e. The molecule has 0 saturated heterocycles. The molecule has 146 valence electrons. The molecule has 0 rings (SSSR count). The van der Waals surface area contributed by atoms with E-state index in [0.717, 1.165) is 34.9 Å². The number of halogens is 1. The van der Waals surface area contributed by atoms with E-state index in [1.165, 1.54) is 0 Å². The number of carbonyl (C=O) groups is 1. The number of hydrogen-bond donors (Lipinski definition) is 1. The molecular weight excluding hydrogens is 392 g/mol. The van der Waals surface area contributed by atoms with Crippen molar-refractivity contribution in [2.24, 2.45) is 0 Å². The Morgan fingerprint density at radius 3 is 2.35 bits per heavy atom. The molecule has 0 fully saturated rings. The highest BCUT2D eigenvalue weighted by atomic mass is 79.9. The van der Waals surface area contributed by atoms with Gasteiger partial charge < -0.3 is 15.0 Å². The summed E-state index contributed by atoms with van der Waals surface area (Å²) < 4.78 is 6.36. The summed E-state index contributed by atoms with van der Waals surface area (Å²) >= 11 is 3.44. The second-order valence-corrected chi connectivity index (χ2v) is 7.37. The van der Waals surface area contributed by atoms with Crippen LogP contribution in [0, 0.1) is 5.41 Å². The van der Waals surface area contributed by atoms with Crippen molar-refractivity contribution in [3.63, 3.8) is 0 Å². The minimum atomic E-state index is -0.344. The molecule has 1 amide bonds. The molecule has 0 radical (unpaired) electrons. The molecule has 1 N–H and O–H groups in total. The normalized spacial score (nSPS) is 14.0. The minimum Gasteiger partial charge on any atom is -0.444 e. The zero-order chi connectivity index (χ0) is 20.3. The molecular formula is C21H33BrN2O2. The van der Waals surface area contributed by atoms with Gasteiger partial charge in [-0.15, -0.1) is 0 Å². The summed E-state index contributed by atoms with van der Waals surface area (Å²) in [5.74, 6) is 0. The maximum Gasteiger partial charge on any atom is 0.410 e. The average Bonchev–Trinajstić information content (AvgIpc) is 2.59. The van der Waals surface area contributed by atoms with Crippen LogP contribution in [-0.2, 0) is 4.74 Å². The average molecular weight is 425 g/mol. The van der Waals surface area contributed by atoms with E-state index in [-0.39, 0.29) is 18.7 Å². The lowest BCUT2D eigenvalue weighted by Crippen LogP contribution is -2.37. The molecule has 0 bridgehead atoms. The number of nitrogens with one attached hydrogen (secondary N) is 1. The van der Waals surface area contributed by atoms with E-state index in [1.54, 1.807) is 18.9 Å². The summed E-state index contributed by atoms with van der Waals surface area (Å²) in [4.78, 5) is 13.9. The first-order valence-electron chi connectivity index (χ1n) is 8.99. The van der Waals surface area contributed by atoms with Gasteiger partial charge in [0.2, 0.25) is 0 Å². The molecule has 0 aliphatic heterocycles. The highest BCUT2D eigenvalue weighted by Gasteiger charge is 2.19. The Balaban J connectivity index is 5.06. The standard InChI is InChI=1S/C21H33BrN2O2/c1-8-10-19(9-2)24(7)21(25)26-14-18(17(6)23)13-16(5)11-12-20(22)15(3)4/h11-13,19,23H,3,8-10,14H2,1-2,4-7H3/b16-11+,18-13+,20-12+,23-17?. The quantitative estimate of drug-likeness (QED) is 0.325. The number of nitrogens with zero attached hydrogens (tertiary/aromatic N) is 1. The summed E-state index contributed by atoms with van der Waals surface area (Å²) in [5.41, 5.74) is 2.98. The van der Waals surface area contributed by atoms with Crippen LogP contribution >= 0.6 is 15.9 Å². The summed E-state index contributed by atoms with van der Waals surface area (Å²) in [5, 5.41) is 7.93. The number of amides is 1. The fourth-order valence-corrected chi connectivity index (χ4v) is 2.46. The van der Waals surface area contributed by atoms with Crippen LogP contribution in [0.3, 0.4) is 0 Å². The van der Waals surface area contributed by atoms with Gasteiger partial charge in [-0.1, -0.05) is 60.5 Å². The molecule has 4 nitrogen and oxygen atoms in total. The van der Waals surface area contributed by atoms with Gasteiger partial charge in [0.15, 0.2) is 0 Å². The fraction of sp³-hybridized carbons (Fsp3) is 0.524. The van der Waals surface area contributed by atoms with Crippen molar-refractivity contribution in [1.82, 2.24) is 4.90 Å². The molecule has 0 aromatic carbocycles. The lowest BCUT2D eigenvalue weighted by Gasteiger charge is -2.26. The van der Waals surface area contributed by atoms with Gasteiger partial charge >= 0.3 is 6.09 Å². The van der Waals surface area contributed by atoms with E-state index in [4.69, 9.17) is 10.1 Å². The molecule has 0 aromatic rings. The first-order valence-corrected chi connectivity index (χ1v) is 9.78. The van der Waals surface area contributed by atoms with E-state index in [0.29, 0.717) is 11.3 Å². The van der Waals surface area contributed by atoms with Gasteiger partial charge in [0, 0.05) is 28.9 Å². The summed E-state index contributed by atoms with van der Waals surface area (Å²) in [6.07, 6.45) is 8.26. The predicted molar refractivity (Wildman–Crippen MR) is 115 cm³/mol. The second kappa shape index (κ2) is 12.7. The van der Waals surface area contributed by atoms with Crippen LogP contribution in [0.25, 0.3) is 0 Å². The van der Waals surface area contributed by atoms with Crippen LogP contribution < -0.4 is 0 Å². The molecule has 1 unspecified atom stereocenters. The topological polar surface area (TPSA) is 53.4 Å². The Morgan fingerprint density at radius 1 is 1.27 bits per heavy atom. The molecule has 0 aliphatic carbocycles. The minimum absolute atomic E-state index is 0.0949. The first kappa shape index (κ1) is 24.4. The Kier molecular flexibility index (Phi) is 11.9. The Morgan fingerprint density at radius 2 is 1.88 bits per heavy atom. The van der Waals surface area contributed by atoms with Crippen molar-refractivity contribution >= 4 is 27.7 Å². The van der Waals surface area contributed by atoms with Crippen LogP contribution in [0.4, 0.5) is 4.79 Å². The molecule has 26 heavy (non-hydrogen) atoms. The second-order valence-electron chi connectivity index (χ2n) is 6.52. The largest absolute Gasteiger partial charge is 0.444 e. The highest BCUT2D eigenvalue weighted by Crippen LogP contribution is 2.16. The first-order chi connectivity index (χ1) is 12.1. The van der Waals surface area contributed by atoms with Gasteiger partial charge in [-0.25, -0.2) is 4.79 Å². The van der Waals surface area contributed by atoms with E-state index < -0.39 is 0 Å². The van der Waals surface area contributed by atoms with Gasteiger partial charge in [0.1, 0.15) is 6.61 Å². The number of allylic oxidation sites excluding steroid dienone is 6. The SMILES string of the molecule is C=C(C)\C(Br)=C/C=C(C)/C=C(\COC(=O)N(C)C(CC)CCC)C(C)=N. The highest BCUT2D eigenvalue weighted by molar-refractivity contribution is 9.12. The number of carbonyl (C=O) groups excluding carboxylic acids is 1. The molecule has 0 aliphatic rings. The zero-order valence-corrected chi connectivity index (χ0v) is 18.6. The van der Waals surface area contributed by atoms with Gasteiger partial charge in [-0.3, -0.25) is 0 Å². The molecule has 1 atom stereocenters. The Bertz CT molecular complexity index is 603. The van der Waals surface area contributed by atoms with Crippen LogP contribution in [0.2, 0.25) is 0 Å². The third-order valence-corrected chi connectivity index (χ3v) is 5.01. The van der Waals surface area contributed by atoms with Crippen molar-refractivity contribution in [3.8, 4) is 0 Å². The van der Waals surface area contributed by atoms with E-state index in [2.05, 4.69) is 36.4 Å². The van der Waals surface area contributed by atoms with Gasteiger partial charge in [-0.05, 0) is 45.3 Å². The maximum atomic E-state index is 12.3. The molecule has 0 saturated carbocycles. The number of hydrogen-bond acceptors (Lipinski definition) is 3. The maximum absolute atomic E-state index is 12.3. The third kappa shape index (κ3) is 9.18. The van der Waals surface area contributed by atoms with E-state index in [1.807, 2.05) is 32.1 Å². The van der Waals surface area contributed by atoms with Crippen molar-refractivity contribution in [1.29, 1.82) is 5.41 Å². The van der Waals surface area contributed by atoms with Crippen LogP contribution in [0.1, 0.15) is 53.9 Å². The van der Waals surface area contributed by atoms with Crippen molar-refractivity contribution < 1.29 is 9.53 Å². The predicted octanol–water partition coefficient (Wildman–Crippen LogP) is 6.40. The molecule has 0 spiro atoms. The molecule has 0 heterocycles. The molecule has 5 heteroatoms. The summed E-state index contributed by atoms with van der Waals surface area (Å²) in [7, 11) is 1.78. The van der Waals surface area contributed by atoms with Crippen molar-refractivity contribution in [2.75, 3.05) is 13.7 Å². The van der Waals surface area contributed by atoms with E-state index in [9.17, 15) is 4.79 Å². The zero-order valence-electron chi connectivity index (χ0n) is 17.0. The third-order valence-electron chi connectivity index (χ3n) is 4.06. The lowest BCUT2D eigenvalue weighted by molar-refractivity contribution is 0.102. The van der Waals surface area contributed by atoms with Crippen LogP contribution in [-0.4, -0.2) is 36.4 Å². The fourth-order valence-electron chi connectivity index (χ4n) is 2.32. The van der Waals surface area contributed by atoms with E-state index >= 15 is 0 Å². The van der Waals surface area contributed by atoms with Gasteiger partial charge in [0.25, 0.3) is 0 Å². The van der Waals surface area contributed by atoms with Gasteiger partial charge in [-0.2, -0.15) is 0 Å². The Labute approximate surface area is 167 Å². The van der Waals surface area contributed by atoms with Crippen LogP contribution in [0.15, 0.2) is 46.0 Å². The van der Waals surface area contributed by atoms with Crippen molar-refractivity contribution in [2.45, 2.75) is 59.9 Å². The number of ether oxygens (including phenoxy) is 1. The monoisotopic (exact) mass is 424 g/mol.